The molecule has 0 aliphatic heterocycles. The van der Waals surface area contributed by atoms with Gasteiger partial charge in [0.1, 0.15) is 0 Å². The highest BCUT2D eigenvalue weighted by atomic mass is 127. The van der Waals surface area contributed by atoms with E-state index in [0.29, 0.717) is 4.05 Å². The van der Waals surface area contributed by atoms with Crippen molar-refractivity contribution in [1.82, 2.24) is 0 Å². The van der Waals surface area contributed by atoms with Gasteiger partial charge in [0, 0.05) is 22.6 Å². The van der Waals surface area contributed by atoms with E-state index < -0.39 is 0 Å². The molecule has 124 valence electrons. The van der Waals surface area contributed by atoms with E-state index in [1.54, 1.807) is 0 Å². The van der Waals surface area contributed by atoms with Gasteiger partial charge in [-0.15, -0.1) is 6.42 Å². The number of rotatable bonds is 14. The summed E-state index contributed by atoms with van der Waals surface area (Å²) in [5, 5.41) is 0. The molecule has 0 heterocycles. The van der Waals surface area contributed by atoms with Gasteiger partial charge in [-0.2, -0.15) is 0 Å². The van der Waals surface area contributed by atoms with Crippen molar-refractivity contribution in [1.29, 1.82) is 0 Å². The molecule has 0 aliphatic rings. The summed E-state index contributed by atoms with van der Waals surface area (Å²) in [5.41, 5.74) is 0. The molecule has 0 bridgehead atoms. The van der Waals surface area contributed by atoms with Gasteiger partial charge in [-0.25, -0.2) is 0 Å². The van der Waals surface area contributed by atoms with E-state index in [1.807, 2.05) is 0 Å². The number of unbranched alkanes of at least 4 members (excludes halogenated alkanes) is 7. The van der Waals surface area contributed by atoms with Crippen LogP contribution in [0.4, 0.5) is 0 Å². The van der Waals surface area contributed by atoms with E-state index in [0.717, 1.165) is 0 Å². The summed E-state index contributed by atoms with van der Waals surface area (Å²) < 4.78 is 1.51. The third-order valence-electron chi connectivity index (χ3n) is 4.49. The minimum absolute atomic E-state index is 0.345. The van der Waals surface area contributed by atoms with Crippen LogP contribution in [0.25, 0.3) is 0 Å². The first-order valence-electron chi connectivity index (χ1n) is 9.12. The molecule has 0 saturated carbocycles. The Balaban J connectivity index is 4.65. The topological polar surface area (TPSA) is 0 Å². The highest BCUT2D eigenvalue weighted by molar-refractivity contribution is 14.1. The molecule has 0 aliphatic carbocycles. The van der Waals surface area contributed by atoms with Crippen LogP contribution < -0.4 is 0 Å². The van der Waals surface area contributed by atoms with Crippen LogP contribution in [0.5, 0.6) is 0 Å². The number of terminal acetylenes is 1. The molecule has 0 N–H and O–H groups in total. The largest absolute Gasteiger partial charge is 0.303 e. The molecule has 0 fully saturated rings. The second-order valence-corrected chi connectivity index (χ2v) is 7.55. The second kappa shape index (κ2) is 13.9. The van der Waals surface area contributed by atoms with E-state index in [2.05, 4.69) is 49.3 Å². The molecule has 0 aromatic heterocycles. The quantitative estimate of drug-likeness (QED) is 0.0810. The molecular weight excluding hydrogens is 369 g/mol. The maximum Gasteiger partial charge on any atom is 0.200 e. The summed E-state index contributed by atoms with van der Waals surface area (Å²) in [6, 6.07) is 0. The highest BCUT2D eigenvalue weighted by Crippen LogP contribution is 2.24. The zero-order valence-electron chi connectivity index (χ0n) is 14.7. The highest BCUT2D eigenvalue weighted by Gasteiger charge is 2.32. The van der Waals surface area contributed by atoms with Gasteiger partial charge in [-0.3, -0.25) is 0 Å². The van der Waals surface area contributed by atoms with E-state index in [9.17, 15) is 0 Å². The molecule has 0 aromatic carbocycles. The standard InChI is InChI=1S/C19H37IN/c1-5-9-12-14-17-21(16-11-7-3,19(20)8-4)18-15-13-10-6-2/h4,19H,5-7,9-18H2,1-3H3/q+1. The van der Waals surface area contributed by atoms with Crippen molar-refractivity contribution in [3.63, 3.8) is 0 Å². The summed E-state index contributed by atoms with van der Waals surface area (Å²) in [4.78, 5) is 0. The first-order valence-corrected chi connectivity index (χ1v) is 10.4. The SMILES string of the molecule is C#CC(I)[N+](CCCC)(CCCCCC)CCCCCC. The smallest absolute Gasteiger partial charge is 0.200 e. The third-order valence-corrected chi connectivity index (χ3v) is 6.03. The fourth-order valence-corrected chi connectivity index (χ4v) is 3.85. The normalized spacial score (nSPS) is 13.1. The van der Waals surface area contributed by atoms with E-state index in [4.69, 9.17) is 6.42 Å². The second-order valence-electron chi connectivity index (χ2n) is 6.37. The summed E-state index contributed by atoms with van der Waals surface area (Å²) in [6.07, 6.45) is 19.2. The van der Waals surface area contributed by atoms with Crippen molar-refractivity contribution >= 4 is 22.6 Å². The Kier molecular flexibility index (Phi) is 14.0. The maximum absolute atomic E-state index is 5.82. The zero-order valence-corrected chi connectivity index (χ0v) is 16.8. The van der Waals surface area contributed by atoms with Crippen LogP contribution in [0, 0.1) is 12.3 Å². The van der Waals surface area contributed by atoms with Gasteiger partial charge in [0.05, 0.1) is 19.6 Å². The fourth-order valence-electron chi connectivity index (χ4n) is 3.01. The lowest BCUT2D eigenvalue weighted by Crippen LogP contribution is -2.54. The number of alkyl halides is 1. The average molecular weight is 406 g/mol. The van der Waals surface area contributed by atoms with Crippen molar-refractivity contribution in [2.45, 2.75) is 89.0 Å². The first kappa shape index (κ1) is 21.2. The summed E-state index contributed by atoms with van der Waals surface area (Å²) >= 11 is 2.52. The average Bonchev–Trinajstić information content (AvgIpc) is 2.51. The molecule has 0 rings (SSSR count). The third kappa shape index (κ3) is 9.08. The molecule has 21 heavy (non-hydrogen) atoms. The fraction of sp³-hybridized carbons (Fsp3) is 0.895. The molecule has 0 saturated heterocycles. The molecule has 1 atom stereocenters. The first-order chi connectivity index (χ1) is 10.2. The van der Waals surface area contributed by atoms with Crippen LogP contribution in [-0.4, -0.2) is 28.2 Å². The van der Waals surface area contributed by atoms with Crippen molar-refractivity contribution in [2.24, 2.45) is 0 Å². The van der Waals surface area contributed by atoms with Gasteiger partial charge in [-0.1, -0.05) is 52.9 Å². The Hall–Kier alpha value is 0.250. The summed E-state index contributed by atoms with van der Waals surface area (Å²) in [5.74, 6) is 3.06. The minimum atomic E-state index is 0.345. The lowest BCUT2D eigenvalue weighted by Gasteiger charge is -2.41. The predicted octanol–water partition coefficient (Wildman–Crippen LogP) is 6.16. The van der Waals surface area contributed by atoms with Gasteiger partial charge in [0.2, 0.25) is 4.05 Å². The molecule has 0 spiro atoms. The van der Waals surface area contributed by atoms with Crippen LogP contribution in [-0.2, 0) is 0 Å². The zero-order chi connectivity index (χ0) is 16.0. The lowest BCUT2D eigenvalue weighted by molar-refractivity contribution is -0.927. The molecule has 1 unspecified atom stereocenters. The van der Waals surface area contributed by atoms with Crippen LogP contribution in [0.15, 0.2) is 0 Å². The van der Waals surface area contributed by atoms with Crippen molar-refractivity contribution in [2.75, 3.05) is 19.6 Å². The molecular formula is C19H37IN+. The lowest BCUT2D eigenvalue weighted by atomic mass is 10.1. The van der Waals surface area contributed by atoms with E-state index in [-0.39, 0.29) is 0 Å². The van der Waals surface area contributed by atoms with E-state index >= 15 is 0 Å². The number of nitrogens with zero attached hydrogens (tertiary/aromatic N) is 1. The van der Waals surface area contributed by atoms with Crippen LogP contribution >= 0.6 is 22.6 Å². The van der Waals surface area contributed by atoms with Gasteiger partial charge in [-0.05, 0) is 38.0 Å². The molecule has 0 amide bonds. The van der Waals surface area contributed by atoms with Crippen LogP contribution in [0.2, 0.25) is 0 Å². The Morgan fingerprint density at radius 3 is 1.57 bits per heavy atom. The van der Waals surface area contributed by atoms with Crippen LogP contribution in [0.3, 0.4) is 0 Å². The van der Waals surface area contributed by atoms with Gasteiger partial charge in [0.15, 0.2) is 0 Å². The van der Waals surface area contributed by atoms with Crippen LogP contribution in [0.1, 0.15) is 85.0 Å². The van der Waals surface area contributed by atoms with Gasteiger partial charge >= 0.3 is 0 Å². The number of hydrogen-bond acceptors (Lipinski definition) is 0. The van der Waals surface area contributed by atoms with Gasteiger partial charge in [0.25, 0.3) is 0 Å². The van der Waals surface area contributed by atoms with Gasteiger partial charge < -0.3 is 4.48 Å². The van der Waals surface area contributed by atoms with E-state index in [1.165, 1.54) is 88.3 Å². The molecule has 2 heteroatoms. The Morgan fingerprint density at radius 1 is 0.762 bits per heavy atom. The van der Waals surface area contributed by atoms with Crippen molar-refractivity contribution in [3.05, 3.63) is 0 Å². The monoisotopic (exact) mass is 406 g/mol. The number of hydrogen-bond donors (Lipinski definition) is 0. The predicted molar refractivity (Wildman–Crippen MR) is 105 cm³/mol. The number of quaternary nitrogens is 1. The summed E-state index contributed by atoms with van der Waals surface area (Å²) in [6.45, 7) is 10.7. The van der Waals surface area contributed by atoms with Crippen molar-refractivity contribution < 1.29 is 4.48 Å². The Bertz CT molecular complexity index is 257. The van der Waals surface area contributed by atoms with Crippen molar-refractivity contribution in [3.8, 4) is 12.3 Å². The molecule has 0 radical (unpaired) electrons. The Labute approximate surface area is 148 Å². The summed E-state index contributed by atoms with van der Waals surface area (Å²) in [7, 11) is 0. The molecule has 1 nitrogen and oxygen atoms in total. The Morgan fingerprint density at radius 2 is 1.19 bits per heavy atom. The minimum Gasteiger partial charge on any atom is -0.303 e. The molecule has 0 aromatic rings. The maximum atomic E-state index is 5.82. The number of halogens is 1.